The van der Waals surface area contributed by atoms with E-state index in [0.29, 0.717) is 36.9 Å². The molecule has 0 aliphatic heterocycles. The van der Waals surface area contributed by atoms with Crippen LogP contribution in [0.25, 0.3) is 0 Å². The van der Waals surface area contributed by atoms with Gasteiger partial charge in [0.1, 0.15) is 11.5 Å². The maximum atomic E-state index is 12.5. The minimum atomic E-state index is -0.0689. The molecule has 0 atom stereocenters. The maximum Gasteiger partial charge on any atom is 0.264 e. The van der Waals surface area contributed by atoms with Crippen LogP contribution in [0, 0.1) is 0 Å². The first-order valence-electron chi connectivity index (χ1n) is 10.1. The molecule has 1 heterocycles. The minimum absolute atomic E-state index is 0.0689. The Labute approximate surface area is 176 Å². The molecule has 0 bridgehead atoms. The summed E-state index contributed by atoms with van der Waals surface area (Å²) in [6.45, 7) is 5.31. The molecule has 3 rings (SSSR count). The van der Waals surface area contributed by atoms with Crippen LogP contribution in [0.1, 0.15) is 41.5 Å². The number of likely N-dealkylation sites (N-methyl/N-ethyl adjacent to an activating group) is 1. The summed E-state index contributed by atoms with van der Waals surface area (Å²) >= 11 is 0. The molecule has 3 aromatic rings. The van der Waals surface area contributed by atoms with Crippen molar-refractivity contribution in [1.29, 1.82) is 0 Å². The zero-order valence-electron chi connectivity index (χ0n) is 17.6. The van der Waals surface area contributed by atoms with E-state index in [4.69, 9.17) is 14.0 Å². The monoisotopic (exact) mass is 409 g/mol. The van der Waals surface area contributed by atoms with E-state index < -0.39 is 0 Å². The molecule has 0 spiro atoms. The van der Waals surface area contributed by atoms with Gasteiger partial charge in [-0.05, 0) is 55.3 Å². The smallest absolute Gasteiger partial charge is 0.264 e. The molecule has 158 valence electrons. The van der Waals surface area contributed by atoms with Gasteiger partial charge in [-0.2, -0.15) is 4.98 Å². The summed E-state index contributed by atoms with van der Waals surface area (Å²) in [5.74, 6) is 2.39. The second-order valence-electron chi connectivity index (χ2n) is 6.82. The lowest BCUT2D eigenvalue weighted by Crippen LogP contribution is -2.29. The van der Waals surface area contributed by atoms with Gasteiger partial charge in [0.2, 0.25) is 0 Å². The summed E-state index contributed by atoms with van der Waals surface area (Å²) in [5, 5.41) is 3.97. The minimum Gasteiger partial charge on any atom is -0.494 e. The van der Waals surface area contributed by atoms with Crippen LogP contribution >= 0.6 is 0 Å². The van der Waals surface area contributed by atoms with Crippen molar-refractivity contribution in [1.82, 2.24) is 15.0 Å². The van der Waals surface area contributed by atoms with Gasteiger partial charge in [-0.15, -0.1) is 0 Å². The molecular weight excluding hydrogens is 382 g/mol. The lowest BCUT2D eigenvalue weighted by molar-refractivity contribution is 0.0795. The molecular formula is C23H27N3O4. The van der Waals surface area contributed by atoms with Crippen LogP contribution in [0.5, 0.6) is 11.5 Å². The maximum absolute atomic E-state index is 12.5. The number of ether oxygens (including phenoxy) is 2. The summed E-state index contributed by atoms with van der Waals surface area (Å²) in [5.41, 5.74) is 1.86. The van der Waals surface area contributed by atoms with Gasteiger partial charge in [0.05, 0.1) is 6.61 Å². The highest BCUT2D eigenvalue weighted by Gasteiger charge is 2.14. The first kappa shape index (κ1) is 21.4. The van der Waals surface area contributed by atoms with Gasteiger partial charge in [-0.1, -0.05) is 24.2 Å². The van der Waals surface area contributed by atoms with Crippen LogP contribution in [0.3, 0.4) is 0 Å². The molecule has 2 aromatic carbocycles. The Morgan fingerprint density at radius 1 is 1.00 bits per heavy atom. The molecule has 0 saturated carbocycles. The predicted molar refractivity (Wildman–Crippen MR) is 113 cm³/mol. The van der Waals surface area contributed by atoms with Gasteiger partial charge in [0.25, 0.3) is 11.8 Å². The number of carbonyl (C=O) groups excluding carboxylic acids is 1. The standard InChI is InChI=1S/C23H27N3O4/c1-4-17-6-10-20(11-7-17)29-16-22-24-21(25-30-22)14-15-26(3)23(27)18-8-12-19(13-9-18)28-5-2/h6-13H,4-5,14-16H2,1-3H3. The third-order valence-electron chi connectivity index (χ3n) is 4.63. The van der Waals surface area contributed by atoms with E-state index in [9.17, 15) is 4.79 Å². The fourth-order valence-electron chi connectivity index (χ4n) is 2.87. The number of amides is 1. The van der Waals surface area contributed by atoms with E-state index in [1.807, 2.05) is 31.2 Å². The van der Waals surface area contributed by atoms with Gasteiger partial charge < -0.3 is 18.9 Å². The molecule has 0 aliphatic rings. The molecule has 1 amide bonds. The SMILES string of the molecule is CCOc1ccc(C(=O)N(C)CCc2noc(COc3ccc(CC)cc3)n2)cc1. The van der Waals surface area contributed by atoms with E-state index in [-0.39, 0.29) is 12.5 Å². The molecule has 7 nitrogen and oxygen atoms in total. The molecule has 7 heteroatoms. The number of hydrogen-bond donors (Lipinski definition) is 0. The average Bonchev–Trinajstić information content (AvgIpc) is 3.24. The fraction of sp³-hybridized carbons (Fsp3) is 0.348. The normalized spacial score (nSPS) is 10.6. The molecule has 1 aromatic heterocycles. The highest BCUT2D eigenvalue weighted by molar-refractivity contribution is 5.94. The largest absolute Gasteiger partial charge is 0.494 e. The summed E-state index contributed by atoms with van der Waals surface area (Å²) in [4.78, 5) is 18.5. The van der Waals surface area contributed by atoms with Crippen molar-refractivity contribution in [3.63, 3.8) is 0 Å². The van der Waals surface area contributed by atoms with E-state index in [1.165, 1.54) is 5.56 Å². The quantitative estimate of drug-likeness (QED) is 0.505. The number of benzene rings is 2. The van der Waals surface area contributed by atoms with Crippen molar-refractivity contribution in [2.24, 2.45) is 0 Å². The Morgan fingerprint density at radius 3 is 2.33 bits per heavy atom. The van der Waals surface area contributed by atoms with E-state index in [0.717, 1.165) is 17.9 Å². The molecule has 30 heavy (non-hydrogen) atoms. The Morgan fingerprint density at radius 2 is 1.67 bits per heavy atom. The van der Waals surface area contributed by atoms with Crippen molar-refractivity contribution >= 4 is 5.91 Å². The van der Waals surface area contributed by atoms with Gasteiger partial charge in [-0.25, -0.2) is 0 Å². The summed E-state index contributed by atoms with van der Waals surface area (Å²) in [7, 11) is 1.75. The van der Waals surface area contributed by atoms with Crippen LogP contribution in [0.4, 0.5) is 0 Å². The molecule has 0 unspecified atom stereocenters. The predicted octanol–water partition coefficient (Wildman–Crippen LogP) is 3.92. The first-order valence-corrected chi connectivity index (χ1v) is 10.1. The van der Waals surface area contributed by atoms with Crippen molar-refractivity contribution in [2.45, 2.75) is 33.3 Å². The number of carbonyl (C=O) groups is 1. The van der Waals surface area contributed by atoms with Crippen LogP contribution in [0.15, 0.2) is 53.1 Å². The van der Waals surface area contributed by atoms with E-state index in [2.05, 4.69) is 17.1 Å². The molecule has 0 saturated heterocycles. The van der Waals surface area contributed by atoms with Crippen molar-refractivity contribution in [3.8, 4) is 11.5 Å². The summed E-state index contributed by atoms with van der Waals surface area (Å²) < 4.78 is 16.3. The zero-order valence-corrected chi connectivity index (χ0v) is 17.6. The number of rotatable bonds is 10. The first-order chi connectivity index (χ1) is 14.6. The third-order valence-corrected chi connectivity index (χ3v) is 4.63. The second kappa shape index (κ2) is 10.4. The Hall–Kier alpha value is -3.35. The van der Waals surface area contributed by atoms with Crippen molar-refractivity contribution in [3.05, 3.63) is 71.4 Å². The number of hydrogen-bond acceptors (Lipinski definition) is 6. The van der Waals surface area contributed by atoms with Gasteiger partial charge in [-0.3, -0.25) is 4.79 Å². The number of nitrogens with zero attached hydrogens (tertiary/aromatic N) is 3. The fourth-order valence-corrected chi connectivity index (χ4v) is 2.87. The van der Waals surface area contributed by atoms with Gasteiger partial charge >= 0.3 is 0 Å². The molecule has 0 N–H and O–H groups in total. The van der Waals surface area contributed by atoms with Gasteiger partial charge in [0.15, 0.2) is 12.4 Å². The lowest BCUT2D eigenvalue weighted by atomic mass is 10.2. The second-order valence-corrected chi connectivity index (χ2v) is 6.82. The number of aryl methyl sites for hydroxylation is 1. The molecule has 0 radical (unpaired) electrons. The Balaban J connectivity index is 1.47. The van der Waals surface area contributed by atoms with Crippen LogP contribution in [-0.2, 0) is 19.4 Å². The van der Waals surface area contributed by atoms with Crippen molar-refractivity contribution in [2.75, 3.05) is 20.2 Å². The van der Waals surface area contributed by atoms with Crippen LogP contribution in [-0.4, -0.2) is 41.1 Å². The summed E-state index contributed by atoms with van der Waals surface area (Å²) in [6, 6.07) is 15.0. The van der Waals surface area contributed by atoms with Crippen molar-refractivity contribution < 1.29 is 18.8 Å². The third kappa shape index (κ3) is 5.83. The van der Waals surface area contributed by atoms with Crippen LogP contribution < -0.4 is 9.47 Å². The van der Waals surface area contributed by atoms with E-state index >= 15 is 0 Å². The Kier molecular flexibility index (Phi) is 7.43. The zero-order chi connectivity index (χ0) is 21.3. The topological polar surface area (TPSA) is 77.7 Å². The average molecular weight is 409 g/mol. The lowest BCUT2D eigenvalue weighted by Gasteiger charge is -2.16. The highest BCUT2D eigenvalue weighted by atomic mass is 16.5. The van der Waals surface area contributed by atoms with E-state index in [1.54, 1.807) is 36.2 Å². The highest BCUT2D eigenvalue weighted by Crippen LogP contribution is 2.15. The molecule has 0 fully saturated rings. The Bertz CT molecular complexity index is 936. The van der Waals surface area contributed by atoms with Crippen LogP contribution in [0.2, 0.25) is 0 Å². The van der Waals surface area contributed by atoms with Gasteiger partial charge in [0, 0.05) is 25.6 Å². The molecule has 0 aliphatic carbocycles. The number of aromatic nitrogens is 2. The summed E-state index contributed by atoms with van der Waals surface area (Å²) in [6.07, 6.45) is 1.48.